The number of halogens is 1. The molecular weight excluding hydrogens is 398 g/mol. The Morgan fingerprint density at radius 3 is 2.31 bits per heavy atom. The number of phenolic OH excluding ortho intramolecular Hbond substituents is 1. The molecule has 136 valence electrons. The fourth-order valence-electron chi connectivity index (χ4n) is 2.90. The maximum Gasteiger partial charge on any atom is 0.251 e. The standard InChI is InChI=1S/C19H20BrN3O3/c20-15-7-5-14(6-8-15)19(26)21-13-18(25)23-11-9-22(10-12-23)16-3-1-2-4-17(16)24/h1-8,24H,9-13H2,(H,21,26). The van der Waals surface area contributed by atoms with Gasteiger partial charge in [0, 0.05) is 36.2 Å². The molecule has 1 aliphatic heterocycles. The van der Waals surface area contributed by atoms with Gasteiger partial charge in [0.15, 0.2) is 0 Å². The average Bonchev–Trinajstić information content (AvgIpc) is 2.67. The average molecular weight is 418 g/mol. The van der Waals surface area contributed by atoms with Gasteiger partial charge in [0.25, 0.3) is 5.91 Å². The lowest BCUT2D eigenvalue weighted by Crippen LogP contribution is -2.51. The first-order valence-electron chi connectivity index (χ1n) is 8.39. The zero-order valence-electron chi connectivity index (χ0n) is 14.2. The summed E-state index contributed by atoms with van der Waals surface area (Å²) < 4.78 is 0.896. The van der Waals surface area contributed by atoms with Crippen LogP contribution in [0.5, 0.6) is 5.75 Å². The van der Waals surface area contributed by atoms with Gasteiger partial charge in [-0.3, -0.25) is 9.59 Å². The minimum Gasteiger partial charge on any atom is -0.506 e. The first-order valence-corrected chi connectivity index (χ1v) is 9.18. The smallest absolute Gasteiger partial charge is 0.251 e. The number of nitrogens with zero attached hydrogens (tertiary/aromatic N) is 2. The van der Waals surface area contributed by atoms with E-state index in [0.29, 0.717) is 31.7 Å². The third-order valence-electron chi connectivity index (χ3n) is 4.36. The number of benzene rings is 2. The summed E-state index contributed by atoms with van der Waals surface area (Å²) in [6, 6.07) is 14.2. The molecule has 2 N–H and O–H groups in total. The minimum absolute atomic E-state index is 0.0223. The number of hydrogen-bond acceptors (Lipinski definition) is 4. The van der Waals surface area contributed by atoms with Crippen molar-refractivity contribution >= 4 is 33.4 Å². The number of nitrogens with one attached hydrogen (secondary N) is 1. The molecule has 2 aromatic carbocycles. The lowest BCUT2D eigenvalue weighted by molar-refractivity contribution is -0.130. The van der Waals surface area contributed by atoms with Gasteiger partial charge in [-0.05, 0) is 36.4 Å². The Bertz CT molecular complexity index is 787. The van der Waals surface area contributed by atoms with E-state index < -0.39 is 0 Å². The zero-order valence-corrected chi connectivity index (χ0v) is 15.8. The van der Waals surface area contributed by atoms with Gasteiger partial charge >= 0.3 is 0 Å². The highest BCUT2D eigenvalue weighted by Gasteiger charge is 2.22. The van der Waals surface area contributed by atoms with E-state index >= 15 is 0 Å². The fourth-order valence-corrected chi connectivity index (χ4v) is 3.16. The summed E-state index contributed by atoms with van der Waals surface area (Å²) in [6.07, 6.45) is 0. The molecule has 2 aromatic rings. The molecule has 1 saturated heterocycles. The molecule has 0 saturated carbocycles. The van der Waals surface area contributed by atoms with Crippen LogP contribution in [0.3, 0.4) is 0 Å². The molecule has 0 unspecified atom stereocenters. The molecular formula is C19H20BrN3O3. The number of piperazine rings is 1. The number of hydrogen-bond donors (Lipinski definition) is 2. The van der Waals surface area contributed by atoms with E-state index in [1.807, 2.05) is 12.1 Å². The summed E-state index contributed by atoms with van der Waals surface area (Å²) in [7, 11) is 0. The predicted octanol–water partition coefficient (Wildman–Crippen LogP) is 2.23. The minimum atomic E-state index is -0.265. The second-order valence-corrected chi connectivity index (χ2v) is 6.96. The molecule has 26 heavy (non-hydrogen) atoms. The van der Waals surface area contributed by atoms with Crippen LogP contribution in [0.4, 0.5) is 5.69 Å². The first-order chi connectivity index (χ1) is 12.5. The molecule has 6 nitrogen and oxygen atoms in total. The monoisotopic (exact) mass is 417 g/mol. The third-order valence-corrected chi connectivity index (χ3v) is 4.89. The zero-order chi connectivity index (χ0) is 18.5. The predicted molar refractivity (Wildman–Crippen MR) is 103 cm³/mol. The first kappa shape index (κ1) is 18.3. The fraction of sp³-hybridized carbons (Fsp3) is 0.263. The number of carbonyl (C=O) groups is 2. The topological polar surface area (TPSA) is 72.9 Å². The summed E-state index contributed by atoms with van der Waals surface area (Å²) in [5, 5.41) is 12.6. The highest BCUT2D eigenvalue weighted by atomic mass is 79.9. The maximum atomic E-state index is 12.3. The number of rotatable bonds is 4. The Labute approximate surface area is 160 Å². The van der Waals surface area contributed by atoms with Crippen LogP contribution in [-0.4, -0.2) is 54.5 Å². The molecule has 0 aromatic heterocycles. The Morgan fingerprint density at radius 2 is 1.65 bits per heavy atom. The van der Waals surface area contributed by atoms with E-state index in [0.717, 1.165) is 10.2 Å². The molecule has 1 heterocycles. The van der Waals surface area contributed by atoms with Crippen molar-refractivity contribution in [1.29, 1.82) is 0 Å². The number of anilines is 1. The van der Waals surface area contributed by atoms with E-state index in [2.05, 4.69) is 26.1 Å². The number of carbonyl (C=O) groups excluding carboxylic acids is 2. The second kappa shape index (κ2) is 8.23. The molecule has 7 heteroatoms. The van der Waals surface area contributed by atoms with E-state index in [9.17, 15) is 14.7 Å². The normalized spacial score (nSPS) is 14.2. The van der Waals surface area contributed by atoms with Crippen molar-refractivity contribution in [3.05, 3.63) is 58.6 Å². The van der Waals surface area contributed by atoms with Gasteiger partial charge in [-0.25, -0.2) is 0 Å². The van der Waals surface area contributed by atoms with Gasteiger partial charge in [-0.15, -0.1) is 0 Å². The number of aromatic hydroxyl groups is 1. The van der Waals surface area contributed by atoms with Gasteiger partial charge in [0.1, 0.15) is 5.75 Å². The lowest BCUT2D eigenvalue weighted by atomic mass is 10.2. The summed E-state index contributed by atoms with van der Waals surface area (Å²) in [4.78, 5) is 28.2. The highest BCUT2D eigenvalue weighted by Crippen LogP contribution is 2.27. The molecule has 0 aliphatic carbocycles. The SMILES string of the molecule is O=C(NCC(=O)N1CCN(c2ccccc2O)CC1)c1ccc(Br)cc1. The molecule has 0 radical (unpaired) electrons. The van der Waals surface area contributed by atoms with Crippen molar-refractivity contribution in [3.63, 3.8) is 0 Å². The Balaban J connectivity index is 1.48. The number of para-hydroxylation sites is 2. The Hall–Kier alpha value is -2.54. The van der Waals surface area contributed by atoms with Gasteiger partial charge in [-0.1, -0.05) is 28.1 Å². The van der Waals surface area contributed by atoms with Crippen molar-refractivity contribution in [2.45, 2.75) is 0 Å². The number of amides is 2. The molecule has 1 aliphatic rings. The Morgan fingerprint density at radius 1 is 1.00 bits per heavy atom. The molecule has 0 atom stereocenters. The van der Waals surface area contributed by atoms with Crippen LogP contribution in [0, 0.1) is 0 Å². The van der Waals surface area contributed by atoms with Crippen molar-refractivity contribution in [2.75, 3.05) is 37.6 Å². The number of phenols is 1. The van der Waals surface area contributed by atoms with Gasteiger partial charge < -0.3 is 20.2 Å². The largest absolute Gasteiger partial charge is 0.506 e. The molecule has 1 fully saturated rings. The van der Waals surface area contributed by atoms with Crippen LogP contribution < -0.4 is 10.2 Å². The van der Waals surface area contributed by atoms with Crippen molar-refractivity contribution in [1.82, 2.24) is 10.2 Å². The van der Waals surface area contributed by atoms with Crippen LogP contribution in [0.2, 0.25) is 0 Å². The van der Waals surface area contributed by atoms with Crippen LogP contribution >= 0.6 is 15.9 Å². The van der Waals surface area contributed by atoms with Crippen LogP contribution in [-0.2, 0) is 4.79 Å². The third kappa shape index (κ3) is 4.35. The van der Waals surface area contributed by atoms with Gasteiger partial charge in [0.05, 0.1) is 12.2 Å². The quantitative estimate of drug-likeness (QED) is 0.799. The van der Waals surface area contributed by atoms with Crippen molar-refractivity contribution in [2.24, 2.45) is 0 Å². The summed E-state index contributed by atoms with van der Waals surface area (Å²) >= 11 is 3.32. The van der Waals surface area contributed by atoms with Gasteiger partial charge in [0.2, 0.25) is 5.91 Å². The molecule has 0 spiro atoms. The van der Waals surface area contributed by atoms with E-state index in [-0.39, 0.29) is 24.1 Å². The molecule has 3 rings (SSSR count). The Kier molecular flexibility index (Phi) is 5.78. The van der Waals surface area contributed by atoms with Crippen LogP contribution in [0.1, 0.15) is 10.4 Å². The summed E-state index contributed by atoms with van der Waals surface area (Å²) in [5.41, 5.74) is 1.30. The summed E-state index contributed by atoms with van der Waals surface area (Å²) in [5.74, 6) is -0.125. The second-order valence-electron chi connectivity index (χ2n) is 6.05. The molecule has 2 amide bonds. The van der Waals surface area contributed by atoms with Crippen LogP contribution in [0.15, 0.2) is 53.0 Å². The van der Waals surface area contributed by atoms with Gasteiger partial charge in [-0.2, -0.15) is 0 Å². The molecule has 0 bridgehead atoms. The van der Waals surface area contributed by atoms with E-state index in [1.165, 1.54) is 0 Å². The van der Waals surface area contributed by atoms with Crippen LogP contribution in [0.25, 0.3) is 0 Å². The van der Waals surface area contributed by atoms with Crippen molar-refractivity contribution < 1.29 is 14.7 Å². The lowest BCUT2D eigenvalue weighted by Gasteiger charge is -2.36. The highest BCUT2D eigenvalue weighted by molar-refractivity contribution is 9.10. The maximum absolute atomic E-state index is 12.3. The van der Waals surface area contributed by atoms with E-state index in [4.69, 9.17) is 0 Å². The van der Waals surface area contributed by atoms with E-state index in [1.54, 1.807) is 41.3 Å². The summed E-state index contributed by atoms with van der Waals surface area (Å²) in [6.45, 7) is 2.38. The van der Waals surface area contributed by atoms with Crippen molar-refractivity contribution in [3.8, 4) is 5.75 Å².